The minimum atomic E-state index is -0.543. The van der Waals surface area contributed by atoms with Crippen molar-refractivity contribution in [3.63, 3.8) is 0 Å². The number of hydrogen-bond acceptors (Lipinski definition) is 3. The average molecular weight is 244 g/mol. The van der Waals surface area contributed by atoms with Crippen molar-refractivity contribution in [3.05, 3.63) is 29.3 Å². The summed E-state index contributed by atoms with van der Waals surface area (Å²) in [5.41, 5.74) is 1.45. The van der Waals surface area contributed by atoms with Crippen molar-refractivity contribution in [2.24, 2.45) is 0 Å². The molecule has 1 aliphatic carbocycles. The number of benzene rings is 1. The zero-order valence-corrected chi connectivity index (χ0v) is 10.6. The second-order valence-electron chi connectivity index (χ2n) is 4.64. The molecule has 1 aromatic rings. The second kappa shape index (κ2) is 5.09. The van der Waals surface area contributed by atoms with Crippen LogP contribution in [0, 0.1) is 18.3 Å². The van der Waals surface area contributed by atoms with Crippen molar-refractivity contribution in [1.29, 1.82) is 5.26 Å². The van der Waals surface area contributed by atoms with Gasteiger partial charge in [-0.15, -0.1) is 0 Å². The van der Waals surface area contributed by atoms with Gasteiger partial charge in [-0.2, -0.15) is 5.26 Å². The number of amides is 1. The third-order valence-electron chi connectivity index (χ3n) is 2.91. The standard InChI is InChI=1S/C14H16N2O2/c1-9-3-4-11(8-15)7-13(9)18-10(2)14(17)16-12-5-6-12/h3-4,7,10,12H,5-6H2,1-2H3,(H,16,17). The molecule has 4 heteroatoms. The maximum Gasteiger partial charge on any atom is 0.260 e. The molecule has 0 aliphatic heterocycles. The number of hydrogen-bond donors (Lipinski definition) is 1. The van der Waals surface area contributed by atoms with Crippen LogP contribution in [-0.2, 0) is 4.79 Å². The Labute approximate surface area is 107 Å². The SMILES string of the molecule is Cc1ccc(C#N)cc1OC(C)C(=O)NC1CC1. The summed E-state index contributed by atoms with van der Waals surface area (Å²) in [5.74, 6) is 0.492. The van der Waals surface area contributed by atoms with E-state index in [4.69, 9.17) is 10.00 Å². The van der Waals surface area contributed by atoms with Gasteiger partial charge in [0.15, 0.2) is 6.10 Å². The predicted molar refractivity (Wildman–Crippen MR) is 67.1 cm³/mol. The highest BCUT2D eigenvalue weighted by Gasteiger charge is 2.26. The first-order chi connectivity index (χ1) is 8.60. The lowest BCUT2D eigenvalue weighted by Crippen LogP contribution is -2.37. The smallest absolute Gasteiger partial charge is 0.260 e. The monoisotopic (exact) mass is 244 g/mol. The van der Waals surface area contributed by atoms with Gasteiger partial charge in [0.2, 0.25) is 0 Å². The Morgan fingerprint density at radius 2 is 2.28 bits per heavy atom. The molecule has 2 rings (SSSR count). The Hall–Kier alpha value is -2.02. The zero-order valence-electron chi connectivity index (χ0n) is 10.6. The van der Waals surface area contributed by atoms with Crippen molar-refractivity contribution in [2.45, 2.75) is 38.8 Å². The Morgan fingerprint density at radius 3 is 2.89 bits per heavy atom. The molecule has 0 aromatic heterocycles. The molecule has 0 heterocycles. The summed E-state index contributed by atoms with van der Waals surface area (Å²) in [7, 11) is 0. The number of rotatable bonds is 4. The van der Waals surface area contributed by atoms with Gasteiger partial charge in [0.1, 0.15) is 5.75 Å². The normalized spacial score (nSPS) is 15.6. The molecule has 94 valence electrons. The van der Waals surface area contributed by atoms with Crippen LogP contribution in [0.1, 0.15) is 30.9 Å². The van der Waals surface area contributed by atoms with E-state index in [1.54, 1.807) is 19.1 Å². The second-order valence-corrected chi connectivity index (χ2v) is 4.64. The summed E-state index contributed by atoms with van der Waals surface area (Å²) in [4.78, 5) is 11.8. The molecule has 1 aromatic carbocycles. The molecular weight excluding hydrogens is 228 g/mol. The number of nitrogens with zero attached hydrogens (tertiary/aromatic N) is 1. The number of nitriles is 1. The van der Waals surface area contributed by atoms with Crippen LogP contribution in [0.5, 0.6) is 5.75 Å². The molecule has 1 aliphatic rings. The van der Waals surface area contributed by atoms with Crippen LogP contribution < -0.4 is 10.1 Å². The minimum Gasteiger partial charge on any atom is -0.481 e. The fourth-order valence-electron chi connectivity index (χ4n) is 1.59. The highest BCUT2D eigenvalue weighted by Crippen LogP contribution is 2.22. The summed E-state index contributed by atoms with van der Waals surface area (Å²) in [6.45, 7) is 3.61. The summed E-state index contributed by atoms with van der Waals surface area (Å²) in [6.07, 6.45) is 1.57. The fraction of sp³-hybridized carbons (Fsp3) is 0.429. The quantitative estimate of drug-likeness (QED) is 0.880. The van der Waals surface area contributed by atoms with Crippen molar-refractivity contribution in [2.75, 3.05) is 0 Å². The van der Waals surface area contributed by atoms with E-state index in [0.29, 0.717) is 17.4 Å². The van der Waals surface area contributed by atoms with Crippen molar-refractivity contribution >= 4 is 5.91 Å². The number of carbonyl (C=O) groups is 1. The molecule has 18 heavy (non-hydrogen) atoms. The van der Waals surface area contributed by atoms with Gasteiger partial charge in [0, 0.05) is 6.04 Å². The van der Waals surface area contributed by atoms with Gasteiger partial charge in [-0.05, 0) is 44.4 Å². The van der Waals surface area contributed by atoms with Gasteiger partial charge in [0.25, 0.3) is 5.91 Å². The lowest BCUT2D eigenvalue weighted by molar-refractivity contribution is -0.127. The Balaban J connectivity index is 2.03. The summed E-state index contributed by atoms with van der Waals surface area (Å²) in [5, 5.41) is 11.7. The molecule has 4 nitrogen and oxygen atoms in total. The van der Waals surface area contributed by atoms with Crippen LogP contribution in [0.15, 0.2) is 18.2 Å². The highest BCUT2D eigenvalue weighted by molar-refractivity contribution is 5.81. The molecule has 1 atom stereocenters. The maximum absolute atomic E-state index is 11.8. The van der Waals surface area contributed by atoms with E-state index >= 15 is 0 Å². The first kappa shape index (κ1) is 12.4. The van der Waals surface area contributed by atoms with Crippen molar-refractivity contribution < 1.29 is 9.53 Å². The molecule has 0 spiro atoms. The van der Waals surface area contributed by atoms with E-state index in [2.05, 4.69) is 11.4 Å². The van der Waals surface area contributed by atoms with Crippen molar-refractivity contribution in [1.82, 2.24) is 5.32 Å². The van der Waals surface area contributed by atoms with Crippen LogP contribution in [0.4, 0.5) is 0 Å². The van der Waals surface area contributed by atoms with Gasteiger partial charge < -0.3 is 10.1 Å². The van der Waals surface area contributed by atoms with Gasteiger partial charge in [-0.25, -0.2) is 0 Å². The summed E-state index contributed by atoms with van der Waals surface area (Å²) >= 11 is 0. The first-order valence-corrected chi connectivity index (χ1v) is 6.08. The minimum absolute atomic E-state index is 0.0979. The molecule has 0 bridgehead atoms. The number of ether oxygens (including phenoxy) is 1. The van der Waals surface area contributed by atoms with E-state index in [-0.39, 0.29) is 5.91 Å². The van der Waals surface area contributed by atoms with E-state index in [1.165, 1.54) is 0 Å². The lowest BCUT2D eigenvalue weighted by atomic mass is 10.1. The van der Waals surface area contributed by atoms with E-state index in [9.17, 15) is 4.79 Å². The molecule has 1 amide bonds. The maximum atomic E-state index is 11.8. The van der Waals surface area contributed by atoms with E-state index in [1.807, 2.05) is 13.0 Å². The van der Waals surface area contributed by atoms with E-state index < -0.39 is 6.10 Å². The molecular formula is C14H16N2O2. The van der Waals surface area contributed by atoms with Crippen LogP contribution in [0.3, 0.4) is 0 Å². The Bertz CT molecular complexity index is 501. The topological polar surface area (TPSA) is 62.1 Å². The fourth-order valence-corrected chi connectivity index (χ4v) is 1.59. The number of carbonyl (C=O) groups excluding carboxylic acids is 1. The lowest BCUT2D eigenvalue weighted by Gasteiger charge is -2.16. The van der Waals surface area contributed by atoms with Gasteiger partial charge in [0.05, 0.1) is 11.6 Å². The van der Waals surface area contributed by atoms with Gasteiger partial charge in [-0.3, -0.25) is 4.79 Å². The summed E-state index contributed by atoms with van der Waals surface area (Å²) in [6, 6.07) is 7.60. The van der Waals surface area contributed by atoms with Crippen LogP contribution in [0.2, 0.25) is 0 Å². The molecule has 1 unspecified atom stereocenters. The van der Waals surface area contributed by atoms with Gasteiger partial charge >= 0.3 is 0 Å². The summed E-state index contributed by atoms with van der Waals surface area (Å²) < 4.78 is 5.61. The average Bonchev–Trinajstić information content (AvgIpc) is 3.15. The Kier molecular flexibility index (Phi) is 3.52. The molecule has 1 saturated carbocycles. The highest BCUT2D eigenvalue weighted by atomic mass is 16.5. The number of nitrogens with one attached hydrogen (secondary N) is 1. The third-order valence-corrected chi connectivity index (χ3v) is 2.91. The zero-order chi connectivity index (χ0) is 13.1. The van der Waals surface area contributed by atoms with Crippen LogP contribution in [-0.4, -0.2) is 18.1 Å². The van der Waals surface area contributed by atoms with Crippen LogP contribution >= 0.6 is 0 Å². The number of aryl methyl sites for hydroxylation is 1. The largest absolute Gasteiger partial charge is 0.481 e. The predicted octanol–water partition coefficient (Wildman–Crippen LogP) is 1.91. The Morgan fingerprint density at radius 1 is 1.56 bits per heavy atom. The third kappa shape index (κ3) is 3.01. The van der Waals surface area contributed by atoms with Crippen molar-refractivity contribution in [3.8, 4) is 11.8 Å². The molecule has 0 radical (unpaired) electrons. The molecule has 1 N–H and O–H groups in total. The first-order valence-electron chi connectivity index (χ1n) is 6.08. The van der Waals surface area contributed by atoms with Gasteiger partial charge in [-0.1, -0.05) is 6.07 Å². The van der Waals surface area contributed by atoms with Crippen LogP contribution in [0.25, 0.3) is 0 Å². The van der Waals surface area contributed by atoms with E-state index in [0.717, 1.165) is 18.4 Å². The molecule has 0 saturated heterocycles. The molecule has 1 fully saturated rings.